The normalized spacial score (nSPS) is 11.7. The van der Waals surface area contributed by atoms with Crippen molar-refractivity contribution in [2.75, 3.05) is 26.7 Å². The summed E-state index contributed by atoms with van der Waals surface area (Å²) in [4.78, 5) is 23.1. The van der Waals surface area contributed by atoms with Crippen molar-refractivity contribution in [2.45, 2.75) is 18.9 Å². The first-order valence-corrected chi connectivity index (χ1v) is 6.96. The van der Waals surface area contributed by atoms with Crippen LogP contribution >= 0.6 is 0 Å². The summed E-state index contributed by atoms with van der Waals surface area (Å²) in [5.41, 5.74) is 6.58. The van der Waals surface area contributed by atoms with E-state index in [1.807, 2.05) is 30.3 Å². The van der Waals surface area contributed by atoms with Crippen LogP contribution in [0.5, 0.6) is 0 Å². The molecule has 0 heterocycles. The van der Waals surface area contributed by atoms with Crippen LogP contribution in [-0.4, -0.2) is 44.7 Å². The minimum Gasteiger partial charge on any atom is -0.380 e. The number of rotatable bonds is 9. The van der Waals surface area contributed by atoms with E-state index in [0.717, 1.165) is 12.0 Å². The lowest BCUT2D eigenvalue weighted by Gasteiger charge is -2.12. The van der Waals surface area contributed by atoms with Crippen LogP contribution in [0, 0.1) is 0 Å². The number of hydrogen-bond acceptors (Lipinski definition) is 4. The highest BCUT2D eigenvalue weighted by atomic mass is 16.5. The van der Waals surface area contributed by atoms with Gasteiger partial charge in [-0.05, 0) is 12.0 Å². The third kappa shape index (κ3) is 7.43. The Kier molecular flexibility index (Phi) is 8.08. The van der Waals surface area contributed by atoms with Crippen molar-refractivity contribution in [3.8, 4) is 0 Å². The fourth-order valence-electron chi connectivity index (χ4n) is 1.77. The van der Waals surface area contributed by atoms with Crippen molar-refractivity contribution in [2.24, 2.45) is 5.73 Å². The number of methoxy groups -OCH3 is 1. The lowest BCUT2D eigenvalue weighted by Crippen LogP contribution is -2.39. The van der Waals surface area contributed by atoms with Crippen LogP contribution in [0.25, 0.3) is 0 Å². The van der Waals surface area contributed by atoms with Crippen molar-refractivity contribution >= 4 is 11.8 Å². The van der Waals surface area contributed by atoms with Gasteiger partial charge in [0.1, 0.15) is 0 Å². The second-order valence-electron chi connectivity index (χ2n) is 4.66. The quantitative estimate of drug-likeness (QED) is 0.589. The van der Waals surface area contributed by atoms with Crippen molar-refractivity contribution in [1.29, 1.82) is 0 Å². The molecule has 116 valence electrons. The molecule has 1 unspecified atom stereocenters. The molecule has 21 heavy (non-hydrogen) atoms. The summed E-state index contributed by atoms with van der Waals surface area (Å²) in [6.07, 6.45) is 0.607. The van der Waals surface area contributed by atoms with Gasteiger partial charge in [-0.3, -0.25) is 9.59 Å². The summed E-state index contributed by atoms with van der Waals surface area (Å²) in [5.74, 6) is -0.452. The Labute approximate surface area is 125 Å². The van der Waals surface area contributed by atoms with E-state index in [-0.39, 0.29) is 37.4 Å². The van der Waals surface area contributed by atoms with E-state index < -0.39 is 0 Å². The molecular weight excluding hydrogens is 270 g/mol. The molecule has 0 aliphatic rings. The molecule has 0 saturated carbocycles. The monoisotopic (exact) mass is 293 g/mol. The summed E-state index contributed by atoms with van der Waals surface area (Å²) >= 11 is 0. The average Bonchev–Trinajstić information content (AvgIpc) is 2.51. The van der Waals surface area contributed by atoms with Crippen LogP contribution in [0.3, 0.4) is 0 Å². The Balaban J connectivity index is 2.15. The number of amides is 2. The molecule has 4 N–H and O–H groups in total. The van der Waals surface area contributed by atoms with Crippen molar-refractivity contribution < 1.29 is 14.3 Å². The maximum absolute atomic E-state index is 11.6. The molecule has 0 spiro atoms. The van der Waals surface area contributed by atoms with Gasteiger partial charge in [-0.25, -0.2) is 0 Å². The van der Waals surface area contributed by atoms with Crippen LogP contribution in [0.1, 0.15) is 12.0 Å². The molecule has 0 aromatic heterocycles. The van der Waals surface area contributed by atoms with Crippen LogP contribution in [0.4, 0.5) is 0 Å². The summed E-state index contributed by atoms with van der Waals surface area (Å²) in [6.45, 7) is 0.782. The summed E-state index contributed by atoms with van der Waals surface area (Å²) < 4.78 is 5.00. The number of hydrogen-bond donors (Lipinski definition) is 3. The first kappa shape index (κ1) is 17.1. The number of nitrogens with two attached hydrogens (primary N) is 1. The van der Waals surface area contributed by atoms with Crippen molar-refractivity contribution in [3.05, 3.63) is 35.9 Å². The Morgan fingerprint density at radius 1 is 1.19 bits per heavy atom. The van der Waals surface area contributed by atoms with E-state index in [4.69, 9.17) is 10.5 Å². The summed E-state index contributed by atoms with van der Waals surface area (Å²) in [5, 5.41) is 5.30. The molecule has 0 fully saturated rings. The minimum atomic E-state index is -0.314. The largest absolute Gasteiger partial charge is 0.380 e. The minimum absolute atomic E-state index is 0.0331. The lowest BCUT2D eigenvalue weighted by atomic mass is 10.1. The third-order valence-electron chi connectivity index (χ3n) is 3.03. The highest BCUT2D eigenvalue weighted by Crippen LogP contribution is 1.98. The van der Waals surface area contributed by atoms with Gasteiger partial charge in [0.05, 0.1) is 19.1 Å². The van der Waals surface area contributed by atoms with Gasteiger partial charge in [0.25, 0.3) is 0 Å². The average molecular weight is 293 g/mol. The van der Waals surface area contributed by atoms with E-state index >= 15 is 0 Å². The zero-order valence-electron chi connectivity index (χ0n) is 12.3. The van der Waals surface area contributed by atoms with Crippen LogP contribution in [0.2, 0.25) is 0 Å². The smallest absolute Gasteiger partial charge is 0.239 e. The first-order chi connectivity index (χ1) is 10.2. The van der Waals surface area contributed by atoms with Crippen LogP contribution < -0.4 is 16.4 Å². The van der Waals surface area contributed by atoms with Gasteiger partial charge in [0.15, 0.2) is 0 Å². The van der Waals surface area contributed by atoms with E-state index in [0.29, 0.717) is 6.54 Å². The van der Waals surface area contributed by atoms with Gasteiger partial charge in [-0.15, -0.1) is 0 Å². The second kappa shape index (κ2) is 9.90. The standard InChI is InChI=1S/C15H23N3O3/c1-21-13(10-16)9-14(19)18-11-15(20)17-8-7-12-5-3-2-4-6-12/h2-6,13H,7-11,16H2,1H3,(H,17,20)(H,18,19). The predicted molar refractivity (Wildman–Crippen MR) is 80.6 cm³/mol. The first-order valence-electron chi connectivity index (χ1n) is 6.96. The van der Waals surface area contributed by atoms with Gasteiger partial charge in [-0.1, -0.05) is 30.3 Å². The van der Waals surface area contributed by atoms with E-state index in [1.54, 1.807) is 0 Å². The van der Waals surface area contributed by atoms with E-state index in [1.165, 1.54) is 7.11 Å². The Morgan fingerprint density at radius 3 is 2.52 bits per heavy atom. The highest BCUT2D eigenvalue weighted by molar-refractivity contribution is 5.84. The number of benzene rings is 1. The summed E-state index contributed by atoms with van der Waals surface area (Å²) in [6, 6.07) is 9.88. The predicted octanol–water partition coefficient (Wildman–Crippen LogP) is -0.175. The number of nitrogens with one attached hydrogen (secondary N) is 2. The summed E-state index contributed by atoms with van der Waals surface area (Å²) in [7, 11) is 1.50. The van der Waals surface area contributed by atoms with Crippen molar-refractivity contribution in [1.82, 2.24) is 10.6 Å². The van der Waals surface area contributed by atoms with Gasteiger partial charge in [0, 0.05) is 20.2 Å². The molecule has 1 atom stereocenters. The third-order valence-corrected chi connectivity index (χ3v) is 3.03. The molecule has 2 amide bonds. The second-order valence-corrected chi connectivity index (χ2v) is 4.66. The highest BCUT2D eigenvalue weighted by Gasteiger charge is 2.12. The molecule has 0 bridgehead atoms. The molecule has 6 nitrogen and oxygen atoms in total. The van der Waals surface area contributed by atoms with E-state index in [9.17, 15) is 9.59 Å². The fraction of sp³-hybridized carbons (Fsp3) is 0.467. The topological polar surface area (TPSA) is 93.4 Å². The number of carbonyl (C=O) groups excluding carboxylic acids is 2. The molecule has 0 radical (unpaired) electrons. The zero-order valence-corrected chi connectivity index (χ0v) is 12.3. The zero-order chi connectivity index (χ0) is 15.5. The molecule has 1 aromatic carbocycles. The lowest BCUT2D eigenvalue weighted by molar-refractivity contribution is -0.127. The molecule has 1 rings (SSSR count). The number of carbonyl (C=O) groups is 2. The molecule has 6 heteroatoms. The maximum atomic E-state index is 11.6. The molecule has 0 aliphatic carbocycles. The fourth-order valence-corrected chi connectivity index (χ4v) is 1.77. The molecule has 0 aliphatic heterocycles. The van der Waals surface area contributed by atoms with Gasteiger partial charge >= 0.3 is 0 Å². The van der Waals surface area contributed by atoms with Gasteiger partial charge < -0.3 is 21.1 Å². The molecule has 1 aromatic rings. The van der Waals surface area contributed by atoms with Crippen LogP contribution in [0.15, 0.2) is 30.3 Å². The molecular formula is C15H23N3O3. The van der Waals surface area contributed by atoms with Gasteiger partial charge in [-0.2, -0.15) is 0 Å². The van der Waals surface area contributed by atoms with Crippen LogP contribution in [-0.2, 0) is 20.7 Å². The Bertz CT molecular complexity index is 433. The molecule has 0 saturated heterocycles. The Morgan fingerprint density at radius 2 is 1.90 bits per heavy atom. The van der Waals surface area contributed by atoms with E-state index in [2.05, 4.69) is 10.6 Å². The van der Waals surface area contributed by atoms with Crippen molar-refractivity contribution in [3.63, 3.8) is 0 Å². The van der Waals surface area contributed by atoms with Gasteiger partial charge in [0.2, 0.25) is 11.8 Å². The maximum Gasteiger partial charge on any atom is 0.239 e. The Hall–Kier alpha value is -1.92. The SMILES string of the molecule is COC(CN)CC(=O)NCC(=O)NCCc1ccccc1. The number of ether oxygens (including phenoxy) is 1.